The van der Waals surface area contributed by atoms with Crippen LogP contribution in [-0.2, 0) is 0 Å². The first kappa shape index (κ1) is 17.6. The molecule has 25 heavy (non-hydrogen) atoms. The Labute approximate surface area is 148 Å². The van der Waals surface area contributed by atoms with Crippen LogP contribution in [0.25, 0.3) is 11.0 Å². The Bertz CT molecular complexity index is 721. The molecule has 3 rings (SSSR count). The molecule has 3 N–H and O–H groups in total. The SMILES string of the molecule is CCCNc1nc(N(C)C)nc2c(N[C@H]3CCCC[C@@H]3O)ncnc12. The van der Waals surface area contributed by atoms with E-state index in [1.165, 1.54) is 6.33 Å². The highest BCUT2D eigenvalue weighted by atomic mass is 16.3. The number of hydrogen-bond acceptors (Lipinski definition) is 8. The van der Waals surface area contributed by atoms with Crippen molar-refractivity contribution < 1.29 is 5.11 Å². The van der Waals surface area contributed by atoms with Crippen LogP contribution in [0.2, 0.25) is 0 Å². The first-order chi connectivity index (χ1) is 12.1. The van der Waals surface area contributed by atoms with E-state index in [4.69, 9.17) is 0 Å². The summed E-state index contributed by atoms with van der Waals surface area (Å²) in [5.74, 6) is 1.97. The van der Waals surface area contributed by atoms with E-state index in [1.807, 2.05) is 19.0 Å². The molecule has 1 aliphatic rings. The van der Waals surface area contributed by atoms with Gasteiger partial charge in [-0.3, -0.25) is 0 Å². The molecule has 1 fully saturated rings. The molecule has 136 valence electrons. The summed E-state index contributed by atoms with van der Waals surface area (Å²) in [6.45, 7) is 2.92. The fourth-order valence-corrected chi connectivity index (χ4v) is 3.06. The van der Waals surface area contributed by atoms with Crippen molar-refractivity contribution in [2.45, 2.75) is 51.2 Å². The van der Waals surface area contributed by atoms with Crippen molar-refractivity contribution in [3.05, 3.63) is 6.33 Å². The first-order valence-electron chi connectivity index (χ1n) is 8.98. The molecule has 0 amide bonds. The Morgan fingerprint density at radius 3 is 2.64 bits per heavy atom. The van der Waals surface area contributed by atoms with Crippen LogP contribution >= 0.6 is 0 Å². The molecule has 8 heteroatoms. The average molecular weight is 345 g/mol. The molecule has 0 spiro atoms. The van der Waals surface area contributed by atoms with Crippen molar-refractivity contribution in [3.8, 4) is 0 Å². The van der Waals surface area contributed by atoms with Gasteiger partial charge >= 0.3 is 0 Å². The van der Waals surface area contributed by atoms with E-state index in [9.17, 15) is 5.11 Å². The molecule has 0 aliphatic heterocycles. The van der Waals surface area contributed by atoms with Gasteiger partial charge in [-0.15, -0.1) is 0 Å². The van der Waals surface area contributed by atoms with Gasteiger partial charge in [-0.05, 0) is 19.3 Å². The van der Waals surface area contributed by atoms with Crippen molar-refractivity contribution in [3.63, 3.8) is 0 Å². The third kappa shape index (κ3) is 3.89. The van der Waals surface area contributed by atoms with Crippen LogP contribution in [0, 0.1) is 0 Å². The lowest BCUT2D eigenvalue weighted by molar-refractivity contribution is 0.116. The van der Waals surface area contributed by atoms with E-state index in [0.29, 0.717) is 28.6 Å². The second kappa shape index (κ2) is 7.77. The number of anilines is 3. The van der Waals surface area contributed by atoms with Crippen LogP contribution < -0.4 is 15.5 Å². The Balaban J connectivity index is 2.01. The van der Waals surface area contributed by atoms with Crippen molar-refractivity contribution in [1.29, 1.82) is 0 Å². The van der Waals surface area contributed by atoms with Crippen LogP contribution in [0.4, 0.5) is 17.6 Å². The monoisotopic (exact) mass is 345 g/mol. The van der Waals surface area contributed by atoms with Crippen LogP contribution in [0.15, 0.2) is 6.33 Å². The predicted molar refractivity (Wildman–Crippen MR) is 100 cm³/mol. The number of fused-ring (bicyclic) bond motifs is 1. The lowest BCUT2D eigenvalue weighted by Crippen LogP contribution is -2.36. The maximum absolute atomic E-state index is 10.3. The van der Waals surface area contributed by atoms with E-state index in [0.717, 1.165) is 38.6 Å². The van der Waals surface area contributed by atoms with Gasteiger partial charge in [0.05, 0.1) is 12.1 Å². The summed E-state index contributed by atoms with van der Waals surface area (Å²) >= 11 is 0. The number of aliphatic hydroxyl groups excluding tert-OH is 1. The second-order valence-electron chi connectivity index (χ2n) is 6.72. The number of hydrogen-bond donors (Lipinski definition) is 3. The van der Waals surface area contributed by atoms with Gasteiger partial charge in [0, 0.05) is 20.6 Å². The van der Waals surface area contributed by atoms with Gasteiger partial charge in [0.2, 0.25) is 5.95 Å². The minimum atomic E-state index is -0.355. The van der Waals surface area contributed by atoms with Gasteiger partial charge in [-0.25, -0.2) is 15.0 Å². The average Bonchev–Trinajstić information content (AvgIpc) is 2.61. The molecule has 2 heterocycles. The topological polar surface area (TPSA) is 99.1 Å². The standard InChI is InChI=1S/C17H27N7O/c1-4-9-18-15-13-14(22-17(23-15)24(2)3)16(20-10-19-13)21-11-7-5-6-8-12(11)25/h10-12,25H,4-9H2,1-3H3,(H,18,22,23)(H,19,20,21)/t11-,12-/m0/s1. The molecule has 2 atom stereocenters. The maximum Gasteiger partial charge on any atom is 0.227 e. The fourth-order valence-electron chi connectivity index (χ4n) is 3.06. The lowest BCUT2D eigenvalue weighted by atomic mass is 9.92. The zero-order valence-corrected chi connectivity index (χ0v) is 15.2. The molecule has 0 radical (unpaired) electrons. The van der Waals surface area contributed by atoms with Gasteiger partial charge in [-0.2, -0.15) is 4.98 Å². The molecular weight excluding hydrogens is 318 g/mol. The van der Waals surface area contributed by atoms with Crippen molar-refractivity contribution in [2.75, 3.05) is 36.2 Å². The lowest BCUT2D eigenvalue weighted by Gasteiger charge is -2.29. The van der Waals surface area contributed by atoms with Gasteiger partial charge < -0.3 is 20.6 Å². The number of aliphatic hydroxyl groups is 1. The smallest absolute Gasteiger partial charge is 0.227 e. The maximum atomic E-state index is 10.3. The highest BCUT2D eigenvalue weighted by molar-refractivity contribution is 5.93. The second-order valence-corrected chi connectivity index (χ2v) is 6.72. The number of rotatable bonds is 6. The van der Waals surface area contributed by atoms with Gasteiger partial charge in [0.15, 0.2) is 11.6 Å². The third-order valence-corrected chi connectivity index (χ3v) is 4.46. The molecule has 0 saturated heterocycles. The first-order valence-corrected chi connectivity index (χ1v) is 8.98. The minimum absolute atomic E-state index is 0.00308. The molecular formula is C17H27N7O. The molecule has 0 unspecified atom stereocenters. The Morgan fingerprint density at radius 1 is 1.12 bits per heavy atom. The summed E-state index contributed by atoms with van der Waals surface area (Å²) in [5, 5.41) is 17.0. The quantitative estimate of drug-likeness (QED) is 0.731. The van der Waals surface area contributed by atoms with Crippen LogP contribution in [0.1, 0.15) is 39.0 Å². The van der Waals surface area contributed by atoms with Gasteiger partial charge in [0.1, 0.15) is 17.4 Å². The van der Waals surface area contributed by atoms with E-state index in [1.54, 1.807) is 0 Å². The zero-order chi connectivity index (χ0) is 17.8. The summed E-state index contributed by atoms with van der Waals surface area (Å²) in [7, 11) is 3.82. The van der Waals surface area contributed by atoms with Gasteiger partial charge in [0.25, 0.3) is 0 Å². The molecule has 0 aromatic carbocycles. The zero-order valence-electron chi connectivity index (χ0n) is 15.2. The van der Waals surface area contributed by atoms with Crippen molar-refractivity contribution in [1.82, 2.24) is 19.9 Å². The number of nitrogens with one attached hydrogen (secondary N) is 2. The molecule has 2 aromatic rings. The van der Waals surface area contributed by atoms with Crippen LogP contribution in [-0.4, -0.2) is 57.8 Å². The van der Waals surface area contributed by atoms with Crippen molar-refractivity contribution in [2.24, 2.45) is 0 Å². The Morgan fingerprint density at radius 2 is 1.92 bits per heavy atom. The fraction of sp³-hybridized carbons (Fsp3) is 0.647. The molecule has 2 aromatic heterocycles. The Kier molecular flexibility index (Phi) is 5.47. The predicted octanol–water partition coefficient (Wildman–Crippen LogP) is 2.02. The largest absolute Gasteiger partial charge is 0.391 e. The van der Waals surface area contributed by atoms with E-state index in [-0.39, 0.29) is 12.1 Å². The van der Waals surface area contributed by atoms with Gasteiger partial charge in [-0.1, -0.05) is 19.8 Å². The summed E-state index contributed by atoms with van der Waals surface area (Å²) in [5.41, 5.74) is 1.37. The van der Waals surface area contributed by atoms with Crippen LogP contribution in [0.3, 0.4) is 0 Å². The molecule has 1 aliphatic carbocycles. The molecule has 8 nitrogen and oxygen atoms in total. The highest BCUT2D eigenvalue weighted by Gasteiger charge is 2.24. The van der Waals surface area contributed by atoms with E-state index < -0.39 is 0 Å². The third-order valence-electron chi connectivity index (χ3n) is 4.46. The summed E-state index contributed by atoms with van der Waals surface area (Å²) in [4.78, 5) is 19.9. The molecule has 0 bridgehead atoms. The van der Waals surface area contributed by atoms with E-state index in [2.05, 4.69) is 37.5 Å². The van der Waals surface area contributed by atoms with Crippen LogP contribution in [0.5, 0.6) is 0 Å². The summed E-state index contributed by atoms with van der Waals surface area (Å²) < 4.78 is 0. The normalized spacial score (nSPS) is 20.5. The molecule has 1 saturated carbocycles. The van der Waals surface area contributed by atoms with E-state index >= 15 is 0 Å². The Hall–Kier alpha value is -2.22. The summed E-state index contributed by atoms with van der Waals surface area (Å²) in [6, 6.07) is -0.00308. The van der Waals surface area contributed by atoms with Crippen molar-refractivity contribution >= 4 is 28.6 Å². The minimum Gasteiger partial charge on any atom is -0.391 e. The summed E-state index contributed by atoms with van der Waals surface area (Å²) in [6.07, 6.45) is 6.09. The highest BCUT2D eigenvalue weighted by Crippen LogP contribution is 2.28. The number of aromatic nitrogens is 4. The number of nitrogens with zero attached hydrogens (tertiary/aromatic N) is 5.